The molecule has 0 aliphatic carbocycles. The number of hydrogen-bond donors (Lipinski definition) is 1. The van der Waals surface area contributed by atoms with Crippen molar-refractivity contribution in [2.75, 3.05) is 14.2 Å². The van der Waals surface area contributed by atoms with Crippen LogP contribution in [0.1, 0.15) is 13.8 Å². The highest BCUT2D eigenvalue weighted by Gasteiger charge is 2.46. The normalized spacial score (nSPS) is 39.4. The van der Waals surface area contributed by atoms with E-state index in [2.05, 4.69) is 0 Å². The summed E-state index contributed by atoms with van der Waals surface area (Å²) in [7, 11) is 2.90. The van der Waals surface area contributed by atoms with Crippen LogP contribution in [0.4, 0.5) is 0 Å². The molecule has 1 aliphatic rings. The number of carbonyl (C=O) groups is 1. The van der Waals surface area contributed by atoms with Gasteiger partial charge in [0.2, 0.25) is 0 Å². The number of aliphatic hydroxyl groups excluding tert-OH is 1. The third-order valence-corrected chi connectivity index (χ3v) is 2.59. The maximum atomic E-state index is 11.0. The summed E-state index contributed by atoms with van der Waals surface area (Å²) in [5.41, 5.74) is 0. The lowest BCUT2D eigenvalue weighted by molar-refractivity contribution is -0.290. The molecule has 0 unspecified atom stereocenters. The van der Waals surface area contributed by atoms with Crippen LogP contribution in [0.2, 0.25) is 0 Å². The number of hydrogen-bond acceptors (Lipinski definition) is 6. The second-order valence-electron chi connectivity index (χ2n) is 3.71. The Hall–Kier alpha value is -0.690. The topological polar surface area (TPSA) is 74.2 Å². The number of ether oxygens (including phenoxy) is 4. The highest BCUT2D eigenvalue weighted by molar-refractivity contribution is 5.66. The van der Waals surface area contributed by atoms with Crippen LogP contribution in [-0.4, -0.2) is 56.0 Å². The molecule has 0 aromatic carbocycles. The van der Waals surface area contributed by atoms with Crippen LogP contribution in [0, 0.1) is 0 Å². The molecule has 1 N–H and O–H groups in total. The lowest BCUT2D eigenvalue weighted by Gasteiger charge is -2.41. The predicted octanol–water partition coefficient (Wildman–Crippen LogP) is -0.315. The second-order valence-corrected chi connectivity index (χ2v) is 3.71. The molecule has 94 valence electrons. The van der Waals surface area contributed by atoms with Crippen LogP contribution in [-0.2, 0) is 23.7 Å². The van der Waals surface area contributed by atoms with Gasteiger partial charge in [-0.25, -0.2) is 0 Å². The SMILES string of the molecule is CO[C@@H]1[C@@H](OC(C)=O)[C@@H](OC)[C@H](O)O[C@H]1C. The first-order valence-electron chi connectivity index (χ1n) is 5.07. The Kier molecular flexibility index (Phi) is 4.67. The van der Waals surface area contributed by atoms with E-state index in [4.69, 9.17) is 18.9 Å². The van der Waals surface area contributed by atoms with Crippen molar-refractivity contribution in [1.82, 2.24) is 0 Å². The molecule has 6 heteroatoms. The minimum absolute atomic E-state index is 0.379. The van der Waals surface area contributed by atoms with Crippen molar-refractivity contribution < 1.29 is 28.8 Å². The van der Waals surface area contributed by atoms with Gasteiger partial charge in [0.1, 0.15) is 12.2 Å². The Bertz CT molecular complexity index is 227. The average Bonchev–Trinajstić information content (AvgIpc) is 2.17. The molecule has 1 fully saturated rings. The molecule has 0 aromatic rings. The zero-order valence-electron chi connectivity index (χ0n) is 9.88. The van der Waals surface area contributed by atoms with Crippen molar-refractivity contribution in [1.29, 1.82) is 0 Å². The maximum absolute atomic E-state index is 11.0. The molecule has 16 heavy (non-hydrogen) atoms. The van der Waals surface area contributed by atoms with Crippen molar-refractivity contribution in [3.05, 3.63) is 0 Å². The summed E-state index contributed by atoms with van der Waals surface area (Å²) in [6, 6.07) is 0. The third kappa shape index (κ3) is 2.70. The van der Waals surface area contributed by atoms with E-state index in [-0.39, 0.29) is 6.10 Å². The zero-order valence-corrected chi connectivity index (χ0v) is 9.88. The summed E-state index contributed by atoms with van der Waals surface area (Å²) < 4.78 is 20.6. The van der Waals surface area contributed by atoms with Crippen LogP contribution in [0.25, 0.3) is 0 Å². The molecule has 0 amide bonds. The molecule has 0 aromatic heterocycles. The summed E-state index contributed by atoms with van der Waals surface area (Å²) in [6.45, 7) is 3.03. The van der Waals surface area contributed by atoms with Gasteiger partial charge in [-0.05, 0) is 6.92 Å². The molecule has 1 saturated heterocycles. The third-order valence-electron chi connectivity index (χ3n) is 2.59. The molecule has 0 saturated carbocycles. The molecule has 0 radical (unpaired) electrons. The number of esters is 1. The highest BCUT2D eigenvalue weighted by Crippen LogP contribution is 2.26. The average molecular weight is 234 g/mol. The van der Waals surface area contributed by atoms with Crippen LogP contribution >= 0.6 is 0 Å². The Balaban J connectivity index is 2.85. The quantitative estimate of drug-likeness (QED) is 0.675. The fourth-order valence-corrected chi connectivity index (χ4v) is 1.89. The van der Waals surface area contributed by atoms with E-state index < -0.39 is 30.6 Å². The lowest BCUT2D eigenvalue weighted by atomic mass is 9.99. The first-order chi connectivity index (χ1) is 7.51. The molecule has 1 aliphatic heterocycles. The van der Waals surface area contributed by atoms with Gasteiger partial charge in [-0.3, -0.25) is 4.79 Å². The second kappa shape index (κ2) is 5.58. The summed E-state index contributed by atoms with van der Waals surface area (Å²) in [4.78, 5) is 11.0. The first kappa shape index (κ1) is 13.4. The van der Waals surface area contributed by atoms with Gasteiger partial charge in [0.05, 0.1) is 6.10 Å². The molecular weight excluding hydrogens is 216 g/mol. The molecule has 1 rings (SSSR count). The van der Waals surface area contributed by atoms with Crippen molar-refractivity contribution in [3.63, 3.8) is 0 Å². The zero-order chi connectivity index (χ0) is 12.3. The predicted molar refractivity (Wildman–Crippen MR) is 53.7 cm³/mol. The van der Waals surface area contributed by atoms with Crippen molar-refractivity contribution in [2.45, 2.75) is 44.6 Å². The fraction of sp³-hybridized carbons (Fsp3) is 0.900. The largest absolute Gasteiger partial charge is 0.457 e. The molecule has 0 spiro atoms. The molecule has 0 bridgehead atoms. The van der Waals surface area contributed by atoms with Gasteiger partial charge in [0.25, 0.3) is 0 Å². The van der Waals surface area contributed by atoms with Crippen LogP contribution in [0.5, 0.6) is 0 Å². The Morgan fingerprint density at radius 1 is 1.19 bits per heavy atom. The summed E-state index contributed by atoms with van der Waals surface area (Å²) in [6.07, 6.45) is -3.39. The summed E-state index contributed by atoms with van der Waals surface area (Å²) in [5, 5.41) is 9.64. The Morgan fingerprint density at radius 3 is 2.19 bits per heavy atom. The first-order valence-corrected chi connectivity index (χ1v) is 5.07. The number of methoxy groups -OCH3 is 2. The molecule has 5 atom stereocenters. The van der Waals surface area contributed by atoms with Gasteiger partial charge in [0, 0.05) is 21.1 Å². The molecule has 1 heterocycles. The van der Waals surface area contributed by atoms with Gasteiger partial charge >= 0.3 is 5.97 Å². The van der Waals surface area contributed by atoms with Gasteiger partial charge < -0.3 is 24.1 Å². The van der Waals surface area contributed by atoms with Crippen molar-refractivity contribution >= 4 is 5.97 Å². The Labute approximate surface area is 94.4 Å². The van der Waals surface area contributed by atoms with Crippen molar-refractivity contribution in [2.24, 2.45) is 0 Å². The fourth-order valence-electron chi connectivity index (χ4n) is 1.89. The van der Waals surface area contributed by atoms with Crippen LogP contribution in [0.15, 0.2) is 0 Å². The van der Waals surface area contributed by atoms with Gasteiger partial charge in [-0.15, -0.1) is 0 Å². The summed E-state index contributed by atoms with van der Waals surface area (Å²) >= 11 is 0. The van der Waals surface area contributed by atoms with Crippen LogP contribution in [0.3, 0.4) is 0 Å². The molecule has 6 nitrogen and oxygen atoms in total. The van der Waals surface area contributed by atoms with E-state index in [1.54, 1.807) is 6.92 Å². The smallest absolute Gasteiger partial charge is 0.303 e. The highest BCUT2D eigenvalue weighted by atomic mass is 16.7. The monoisotopic (exact) mass is 234 g/mol. The maximum Gasteiger partial charge on any atom is 0.303 e. The number of aliphatic hydroxyl groups is 1. The minimum Gasteiger partial charge on any atom is -0.457 e. The Morgan fingerprint density at radius 2 is 1.75 bits per heavy atom. The van der Waals surface area contributed by atoms with E-state index in [0.29, 0.717) is 0 Å². The van der Waals surface area contributed by atoms with E-state index in [1.165, 1.54) is 21.1 Å². The van der Waals surface area contributed by atoms with Gasteiger partial charge in [-0.1, -0.05) is 0 Å². The number of carbonyl (C=O) groups excluding carboxylic acids is 1. The minimum atomic E-state index is -1.13. The summed E-state index contributed by atoms with van der Waals surface area (Å²) in [5.74, 6) is -0.449. The van der Waals surface area contributed by atoms with Crippen LogP contribution < -0.4 is 0 Å². The van der Waals surface area contributed by atoms with Crippen molar-refractivity contribution in [3.8, 4) is 0 Å². The van der Waals surface area contributed by atoms with Gasteiger partial charge in [0.15, 0.2) is 12.4 Å². The van der Waals surface area contributed by atoms with E-state index >= 15 is 0 Å². The van der Waals surface area contributed by atoms with E-state index in [0.717, 1.165) is 0 Å². The van der Waals surface area contributed by atoms with E-state index in [1.807, 2.05) is 0 Å². The van der Waals surface area contributed by atoms with E-state index in [9.17, 15) is 9.90 Å². The standard InChI is InChI=1S/C10H18O6/c1-5-7(13-3)8(16-6(2)11)9(14-4)10(12)15-5/h5,7-10,12H,1-4H3/t5-,7-,8+,9+,10+/m0/s1. The number of rotatable bonds is 3. The lowest BCUT2D eigenvalue weighted by Crippen LogP contribution is -2.59. The van der Waals surface area contributed by atoms with Gasteiger partial charge in [-0.2, -0.15) is 0 Å². The molecular formula is C10H18O6.